The van der Waals surface area contributed by atoms with E-state index in [2.05, 4.69) is 51.6 Å². The van der Waals surface area contributed by atoms with Gasteiger partial charge < -0.3 is 24.0 Å². The van der Waals surface area contributed by atoms with Crippen LogP contribution in [0.3, 0.4) is 0 Å². The van der Waals surface area contributed by atoms with E-state index in [1.54, 1.807) is 14.0 Å². The van der Waals surface area contributed by atoms with E-state index in [9.17, 15) is 9.90 Å². The van der Waals surface area contributed by atoms with Gasteiger partial charge in [0.05, 0.1) is 18.3 Å². The third-order valence-electron chi connectivity index (χ3n) is 7.53. The quantitative estimate of drug-likeness (QED) is 0.308. The van der Waals surface area contributed by atoms with Gasteiger partial charge in [-0.25, -0.2) is 0 Å². The van der Waals surface area contributed by atoms with Crippen molar-refractivity contribution in [1.82, 2.24) is 9.47 Å². The molecule has 1 aliphatic rings. The Morgan fingerprint density at radius 3 is 2.38 bits per heavy atom. The second-order valence-corrected chi connectivity index (χ2v) is 10.3. The fraction of sp³-hybridized carbons (Fsp3) is 0.344. The van der Waals surface area contributed by atoms with E-state index in [0.29, 0.717) is 17.9 Å². The summed E-state index contributed by atoms with van der Waals surface area (Å²) >= 11 is 0. The monoisotopic (exact) mass is 527 g/mol. The summed E-state index contributed by atoms with van der Waals surface area (Å²) in [6.45, 7) is 9.83. The molecule has 0 unspecified atom stereocenters. The van der Waals surface area contributed by atoms with Gasteiger partial charge in [0, 0.05) is 55.1 Å². The molecule has 1 saturated heterocycles. The van der Waals surface area contributed by atoms with Crippen molar-refractivity contribution in [1.29, 1.82) is 0 Å². The topological polar surface area (TPSA) is 67.2 Å². The molecule has 2 heterocycles. The van der Waals surface area contributed by atoms with Crippen LogP contribution in [0.15, 0.2) is 66.7 Å². The van der Waals surface area contributed by atoms with Gasteiger partial charge in [0.15, 0.2) is 5.78 Å². The Labute approximate surface area is 230 Å². The van der Waals surface area contributed by atoms with E-state index in [1.165, 1.54) is 5.56 Å². The minimum atomic E-state index is -0.621. The highest BCUT2D eigenvalue weighted by Crippen LogP contribution is 2.33. The van der Waals surface area contributed by atoms with Crippen LogP contribution in [0.25, 0.3) is 16.6 Å². The van der Waals surface area contributed by atoms with Gasteiger partial charge in [0.1, 0.15) is 24.2 Å². The molecule has 0 aliphatic carbocycles. The molecule has 1 aromatic heterocycles. The summed E-state index contributed by atoms with van der Waals surface area (Å²) in [6, 6.07) is 22.2. The standard InChI is InChI=1S/C32H37N3O4/c1-22-9-11-25(12-10-22)35-23(2)32(24(3)36)28-19-27(13-14-29(28)35)39-21-26(37)20-33-15-17-34(18-16-33)30-7-5-6-8-31(30)38-4/h5-14,19,26,37H,15-18,20-21H2,1-4H3/t26-/m1/s1. The van der Waals surface area contributed by atoms with Crippen molar-refractivity contribution >= 4 is 22.4 Å². The van der Waals surface area contributed by atoms with Crippen LogP contribution in [0.1, 0.15) is 28.5 Å². The molecule has 1 fully saturated rings. The lowest BCUT2D eigenvalue weighted by molar-refractivity contribution is 0.0663. The predicted octanol–water partition coefficient (Wildman–Crippen LogP) is 5.02. The SMILES string of the molecule is COc1ccccc1N1CCN(C[C@@H](O)COc2ccc3c(c2)c(C(C)=O)c(C)n3-c2ccc(C)cc2)CC1. The van der Waals surface area contributed by atoms with Crippen molar-refractivity contribution in [2.75, 3.05) is 51.3 Å². The van der Waals surface area contributed by atoms with Gasteiger partial charge in [-0.15, -0.1) is 0 Å². The molecular weight excluding hydrogens is 490 g/mol. The number of piperazine rings is 1. The van der Waals surface area contributed by atoms with Crippen LogP contribution in [-0.4, -0.2) is 72.9 Å². The number of methoxy groups -OCH3 is 1. The molecule has 204 valence electrons. The lowest BCUT2D eigenvalue weighted by Crippen LogP contribution is -2.49. The summed E-state index contributed by atoms with van der Waals surface area (Å²) in [4.78, 5) is 17.2. The van der Waals surface area contributed by atoms with Crippen LogP contribution in [0.4, 0.5) is 5.69 Å². The van der Waals surface area contributed by atoms with E-state index >= 15 is 0 Å². The number of Topliss-reactive ketones (excluding diaryl/α,β-unsaturated/α-hetero) is 1. The van der Waals surface area contributed by atoms with E-state index in [0.717, 1.165) is 59.9 Å². The number of benzene rings is 3. The zero-order valence-electron chi connectivity index (χ0n) is 23.2. The molecule has 0 saturated carbocycles. The molecule has 1 aliphatic heterocycles. The number of fused-ring (bicyclic) bond motifs is 1. The molecule has 0 spiro atoms. The van der Waals surface area contributed by atoms with Crippen molar-refractivity contribution < 1.29 is 19.4 Å². The number of aliphatic hydroxyl groups is 1. The van der Waals surface area contributed by atoms with Crippen molar-refractivity contribution in [2.24, 2.45) is 0 Å². The maximum absolute atomic E-state index is 12.6. The smallest absolute Gasteiger partial charge is 0.162 e. The molecule has 7 heteroatoms. The molecule has 3 aromatic carbocycles. The number of ether oxygens (including phenoxy) is 2. The molecular formula is C32H37N3O4. The van der Waals surface area contributed by atoms with E-state index in [-0.39, 0.29) is 12.4 Å². The summed E-state index contributed by atoms with van der Waals surface area (Å²) < 4.78 is 13.7. The van der Waals surface area contributed by atoms with Gasteiger partial charge in [-0.2, -0.15) is 0 Å². The van der Waals surface area contributed by atoms with Crippen LogP contribution in [0, 0.1) is 13.8 Å². The minimum absolute atomic E-state index is 0.0211. The Morgan fingerprint density at radius 2 is 1.69 bits per heavy atom. The number of ketones is 1. The Kier molecular flexibility index (Phi) is 7.91. The maximum Gasteiger partial charge on any atom is 0.162 e. The Bertz CT molecular complexity index is 1450. The van der Waals surface area contributed by atoms with Gasteiger partial charge in [-0.3, -0.25) is 9.69 Å². The number of carbonyl (C=O) groups is 1. The van der Waals surface area contributed by atoms with E-state index < -0.39 is 6.10 Å². The number of rotatable bonds is 9. The lowest BCUT2D eigenvalue weighted by Gasteiger charge is -2.37. The molecule has 39 heavy (non-hydrogen) atoms. The number of nitrogens with zero attached hydrogens (tertiary/aromatic N) is 3. The van der Waals surface area contributed by atoms with Gasteiger partial charge >= 0.3 is 0 Å². The number of β-amino-alcohol motifs (C(OH)–C–C–N with tert-alkyl or cyclic N) is 1. The summed E-state index contributed by atoms with van der Waals surface area (Å²) in [5.41, 5.74) is 5.88. The molecule has 0 radical (unpaired) electrons. The Balaban J connectivity index is 1.23. The van der Waals surface area contributed by atoms with E-state index in [1.807, 2.05) is 43.3 Å². The van der Waals surface area contributed by atoms with Gasteiger partial charge in [0.2, 0.25) is 0 Å². The number of hydrogen-bond acceptors (Lipinski definition) is 6. The first-order valence-electron chi connectivity index (χ1n) is 13.5. The molecule has 4 aromatic rings. The zero-order valence-corrected chi connectivity index (χ0v) is 23.2. The molecule has 7 nitrogen and oxygen atoms in total. The van der Waals surface area contributed by atoms with Crippen molar-refractivity contribution in [3.05, 3.63) is 83.6 Å². The van der Waals surface area contributed by atoms with Gasteiger partial charge in [0.25, 0.3) is 0 Å². The predicted molar refractivity (Wildman–Crippen MR) is 156 cm³/mol. The summed E-state index contributed by atoms with van der Waals surface area (Å²) in [5.74, 6) is 1.55. The molecule has 1 atom stereocenters. The third-order valence-corrected chi connectivity index (χ3v) is 7.53. The normalized spacial score (nSPS) is 14.9. The van der Waals surface area contributed by atoms with Crippen LogP contribution in [-0.2, 0) is 0 Å². The zero-order chi connectivity index (χ0) is 27.5. The fourth-order valence-corrected chi connectivity index (χ4v) is 5.56. The van der Waals surface area contributed by atoms with Gasteiger partial charge in [-0.05, 0) is 63.2 Å². The number of aryl methyl sites for hydroxylation is 1. The second kappa shape index (κ2) is 11.5. The van der Waals surface area contributed by atoms with E-state index in [4.69, 9.17) is 9.47 Å². The highest BCUT2D eigenvalue weighted by molar-refractivity contribution is 6.09. The van der Waals surface area contributed by atoms with Crippen LogP contribution < -0.4 is 14.4 Å². The molecule has 0 bridgehead atoms. The first-order chi connectivity index (χ1) is 18.9. The molecule has 1 N–H and O–H groups in total. The summed E-state index contributed by atoms with van der Waals surface area (Å²) in [7, 11) is 1.70. The Morgan fingerprint density at radius 1 is 0.974 bits per heavy atom. The first kappa shape index (κ1) is 26.8. The summed E-state index contributed by atoms with van der Waals surface area (Å²) in [5, 5.41) is 11.6. The number of anilines is 1. The summed E-state index contributed by atoms with van der Waals surface area (Å²) in [6.07, 6.45) is -0.621. The lowest BCUT2D eigenvalue weighted by atomic mass is 10.1. The highest BCUT2D eigenvalue weighted by atomic mass is 16.5. The van der Waals surface area contributed by atoms with Gasteiger partial charge in [-0.1, -0.05) is 29.8 Å². The average Bonchev–Trinajstić information content (AvgIpc) is 3.24. The third kappa shape index (κ3) is 5.65. The fourth-order valence-electron chi connectivity index (χ4n) is 5.56. The van der Waals surface area contributed by atoms with Crippen LogP contribution in [0.5, 0.6) is 11.5 Å². The number of aliphatic hydroxyl groups excluding tert-OH is 1. The average molecular weight is 528 g/mol. The number of aromatic nitrogens is 1. The number of hydrogen-bond donors (Lipinski definition) is 1. The Hall–Kier alpha value is -3.81. The minimum Gasteiger partial charge on any atom is -0.495 e. The highest BCUT2D eigenvalue weighted by Gasteiger charge is 2.22. The molecule has 0 amide bonds. The van der Waals surface area contributed by atoms with Crippen molar-refractivity contribution in [2.45, 2.75) is 26.9 Å². The van der Waals surface area contributed by atoms with Crippen molar-refractivity contribution in [3.63, 3.8) is 0 Å². The van der Waals surface area contributed by atoms with Crippen molar-refractivity contribution in [3.8, 4) is 17.2 Å². The number of para-hydroxylation sites is 2. The number of carbonyl (C=O) groups excluding carboxylic acids is 1. The largest absolute Gasteiger partial charge is 0.495 e. The first-order valence-corrected chi connectivity index (χ1v) is 13.5. The second-order valence-electron chi connectivity index (χ2n) is 10.3. The van der Waals surface area contributed by atoms with Crippen LogP contribution >= 0.6 is 0 Å². The molecule has 5 rings (SSSR count). The maximum atomic E-state index is 12.6. The van der Waals surface area contributed by atoms with Crippen LogP contribution in [0.2, 0.25) is 0 Å².